The third kappa shape index (κ3) is 3.29. The molecule has 6 nitrogen and oxygen atoms in total. The normalized spacial score (nSPS) is 13.8. The number of para-hydroxylation sites is 1. The van der Waals surface area contributed by atoms with Crippen molar-refractivity contribution in [3.05, 3.63) is 77.0 Å². The van der Waals surface area contributed by atoms with E-state index in [0.29, 0.717) is 12.1 Å². The van der Waals surface area contributed by atoms with Crippen molar-refractivity contribution in [1.29, 1.82) is 5.26 Å². The highest BCUT2D eigenvalue weighted by Gasteiger charge is 2.26. The van der Waals surface area contributed by atoms with Gasteiger partial charge in [-0.3, -0.25) is 20.2 Å². The van der Waals surface area contributed by atoms with Gasteiger partial charge in [-0.2, -0.15) is 5.26 Å². The van der Waals surface area contributed by atoms with Gasteiger partial charge >= 0.3 is 0 Å². The molecule has 1 aromatic heterocycles. The Labute approximate surface area is 166 Å². The number of nitrogens with one attached hydrogen (secondary N) is 2. The molecule has 0 saturated carbocycles. The van der Waals surface area contributed by atoms with Crippen molar-refractivity contribution in [2.75, 3.05) is 0 Å². The van der Waals surface area contributed by atoms with Crippen molar-refractivity contribution >= 4 is 46.1 Å². The zero-order chi connectivity index (χ0) is 19.7. The maximum Gasteiger partial charge on any atom is 0.263 e. The quantitative estimate of drug-likeness (QED) is 0.411. The summed E-state index contributed by atoms with van der Waals surface area (Å²) in [6.45, 7) is 0.595. The Morgan fingerprint density at radius 1 is 1.04 bits per heavy atom. The van der Waals surface area contributed by atoms with Crippen LogP contribution in [-0.2, 0) is 16.1 Å². The van der Waals surface area contributed by atoms with Crippen LogP contribution in [0.5, 0.6) is 0 Å². The fourth-order valence-corrected chi connectivity index (χ4v) is 3.35. The summed E-state index contributed by atoms with van der Waals surface area (Å²) in [5.41, 5.74) is 3.40. The van der Waals surface area contributed by atoms with Crippen molar-refractivity contribution in [2.24, 2.45) is 0 Å². The highest BCUT2D eigenvalue weighted by Crippen LogP contribution is 2.25. The molecule has 1 fully saturated rings. The smallest absolute Gasteiger partial charge is 0.263 e. The minimum absolute atomic E-state index is 0.00914. The Hall–Kier alpha value is -3.76. The van der Waals surface area contributed by atoms with Crippen LogP contribution in [-0.4, -0.2) is 21.5 Å². The van der Waals surface area contributed by atoms with E-state index in [1.165, 1.54) is 0 Å². The standard InChI is InChI=1S/C21H14N4O2S/c22-10-13-5-7-14(8-6-13)11-25-12-15(16-3-1-2-4-18(16)25)9-17-19(26)23-21(28)24-20(17)27/h1-9,12H,11H2,(H2,23,24,26,27,28). The number of amides is 2. The van der Waals surface area contributed by atoms with E-state index in [4.69, 9.17) is 17.5 Å². The lowest BCUT2D eigenvalue weighted by Crippen LogP contribution is -2.51. The van der Waals surface area contributed by atoms with E-state index in [0.717, 1.165) is 22.0 Å². The highest BCUT2D eigenvalue weighted by molar-refractivity contribution is 7.80. The largest absolute Gasteiger partial charge is 0.342 e. The van der Waals surface area contributed by atoms with Gasteiger partial charge in [0.1, 0.15) is 5.57 Å². The molecule has 0 atom stereocenters. The number of rotatable bonds is 3. The van der Waals surface area contributed by atoms with Gasteiger partial charge in [0.2, 0.25) is 0 Å². The Balaban J connectivity index is 1.75. The van der Waals surface area contributed by atoms with Gasteiger partial charge in [-0.05, 0) is 42.1 Å². The van der Waals surface area contributed by atoms with Crippen molar-refractivity contribution in [1.82, 2.24) is 15.2 Å². The summed E-state index contributed by atoms with van der Waals surface area (Å²) in [6, 6.07) is 17.3. The Morgan fingerprint density at radius 3 is 2.39 bits per heavy atom. The van der Waals surface area contributed by atoms with E-state index < -0.39 is 11.8 Å². The first kappa shape index (κ1) is 17.6. The van der Waals surface area contributed by atoms with Crippen molar-refractivity contribution in [3.63, 3.8) is 0 Å². The third-order valence-corrected chi connectivity index (χ3v) is 4.70. The lowest BCUT2D eigenvalue weighted by atomic mass is 10.1. The second-order valence-corrected chi connectivity index (χ2v) is 6.74. The predicted octanol–water partition coefficient (Wildman–Crippen LogP) is 2.48. The third-order valence-electron chi connectivity index (χ3n) is 4.50. The molecular formula is C21H14N4O2S. The molecule has 7 heteroatoms. The molecule has 1 saturated heterocycles. The van der Waals surface area contributed by atoms with Crippen LogP contribution in [0.25, 0.3) is 17.0 Å². The van der Waals surface area contributed by atoms with Gasteiger partial charge in [-0.1, -0.05) is 30.3 Å². The molecule has 1 aliphatic rings. The van der Waals surface area contributed by atoms with Gasteiger partial charge in [0.25, 0.3) is 11.8 Å². The van der Waals surface area contributed by atoms with Crippen LogP contribution in [0, 0.1) is 11.3 Å². The summed E-state index contributed by atoms with van der Waals surface area (Å²) < 4.78 is 2.05. The fourth-order valence-electron chi connectivity index (χ4n) is 3.16. The zero-order valence-corrected chi connectivity index (χ0v) is 15.4. The number of thiocarbonyl (C=S) groups is 1. The molecule has 1 aliphatic heterocycles. The van der Waals surface area contributed by atoms with Crippen LogP contribution in [0.3, 0.4) is 0 Å². The van der Waals surface area contributed by atoms with Crippen LogP contribution in [0.15, 0.2) is 60.3 Å². The maximum absolute atomic E-state index is 12.2. The molecule has 2 heterocycles. The second-order valence-electron chi connectivity index (χ2n) is 6.33. The Morgan fingerprint density at radius 2 is 1.71 bits per heavy atom. The molecule has 4 rings (SSSR count). The number of fused-ring (bicyclic) bond motifs is 1. The SMILES string of the molecule is N#Cc1ccc(Cn2cc(C=C3C(=O)NC(=S)NC3=O)c3ccccc32)cc1. The highest BCUT2D eigenvalue weighted by atomic mass is 32.1. The summed E-state index contributed by atoms with van der Waals surface area (Å²) in [7, 11) is 0. The molecular weight excluding hydrogens is 372 g/mol. The number of nitriles is 1. The van der Waals surface area contributed by atoms with Crippen LogP contribution in [0.2, 0.25) is 0 Å². The van der Waals surface area contributed by atoms with Gasteiger partial charge in [0.05, 0.1) is 11.6 Å². The summed E-state index contributed by atoms with van der Waals surface area (Å²) in [6.07, 6.45) is 3.48. The zero-order valence-electron chi connectivity index (χ0n) is 14.6. The number of aromatic nitrogens is 1. The number of hydrogen-bond acceptors (Lipinski definition) is 4. The van der Waals surface area contributed by atoms with Gasteiger partial charge < -0.3 is 4.57 Å². The van der Waals surface area contributed by atoms with Crippen LogP contribution < -0.4 is 10.6 Å². The molecule has 3 aromatic rings. The minimum atomic E-state index is -0.516. The lowest BCUT2D eigenvalue weighted by Gasteiger charge is -2.16. The molecule has 0 spiro atoms. The fraction of sp³-hybridized carbons (Fsp3) is 0.0476. The first-order valence-electron chi connectivity index (χ1n) is 8.50. The van der Waals surface area contributed by atoms with Gasteiger partial charge in [0.15, 0.2) is 5.11 Å². The van der Waals surface area contributed by atoms with E-state index in [2.05, 4.69) is 16.7 Å². The molecule has 0 radical (unpaired) electrons. The molecule has 136 valence electrons. The number of benzene rings is 2. The van der Waals surface area contributed by atoms with E-state index in [-0.39, 0.29) is 10.7 Å². The number of carbonyl (C=O) groups is 2. The summed E-state index contributed by atoms with van der Waals surface area (Å²) in [5, 5.41) is 14.8. The topological polar surface area (TPSA) is 86.9 Å². The summed E-state index contributed by atoms with van der Waals surface area (Å²) >= 11 is 4.83. The van der Waals surface area contributed by atoms with Gasteiger partial charge in [0, 0.05) is 29.2 Å². The first-order chi connectivity index (χ1) is 13.5. The van der Waals surface area contributed by atoms with Crippen LogP contribution in [0.1, 0.15) is 16.7 Å². The van der Waals surface area contributed by atoms with Gasteiger partial charge in [-0.15, -0.1) is 0 Å². The summed E-state index contributed by atoms with van der Waals surface area (Å²) in [4.78, 5) is 24.3. The Kier molecular flexibility index (Phi) is 4.47. The molecule has 0 unspecified atom stereocenters. The maximum atomic E-state index is 12.2. The molecule has 0 bridgehead atoms. The monoisotopic (exact) mass is 386 g/mol. The molecule has 2 aromatic carbocycles. The second kappa shape index (κ2) is 7.10. The lowest BCUT2D eigenvalue weighted by molar-refractivity contribution is -0.123. The summed E-state index contributed by atoms with van der Waals surface area (Å²) in [5.74, 6) is -1.03. The number of carbonyl (C=O) groups excluding carboxylic acids is 2. The van der Waals surface area contributed by atoms with E-state index >= 15 is 0 Å². The average molecular weight is 386 g/mol. The van der Waals surface area contributed by atoms with Crippen LogP contribution >= 0.6 is 12.2 Å². The average Bonchev–Trinajstić information content (AvgIpc) is 3.03. The molecule has 0 aliphatic carbocycles. The minimum Gasteiger partial charge on any atom is -0.342 e. The number of hydrogen-bond donors (Lipinski definition) is 2. The van der Waals surface area contributed by atoms with Crippen LogP contribution in [0.4, 0.5) is 0 Å². The predicted molar refractivity (Wildman–Crippen MR) is 109 cm³/mol. The molecule has 28 heavy (non-hydrogen) atoms. The molecule has 2 N–H and O–H groups in total. The number of nitrogens with zero attached hydrogens (tertiary/aromatic N) is 2. The van der Waals surface area contributed by atoms with E-state index in [1.807, 2.05) is 47.2 Å². The first-order valence-corrected chi connectivity index (χ1v) is 8.91. The van der Waals surface area contributed by atoms with E-state index in [1.54, 1.807) is 18.2 Å². The molecule has 2 amide bonds. The van der Waals surface area contributed by atoms with Crippen molar-refractivity contribution in [3.8, 4) is 6.07 Å². The van der Waals surface area contributed by atoms with Gasteiger partial charge in [-0.25, -0.2) is 0 Å². The van der Waals surface area contributed by atoms with Crippen molar-refractivity contribution < 1.29 is 9.59 Å². The Bertz CT molecular complexity index is 1180. The van der Waals surface area contributed by atoms with E-state index in [9.17, 15) is 9.59 Å². The van der Waals surface area contributed by atoms with Crippen molar-refractivity contribution in [2.45, 2.75) is 6.54 Å².